The maximum Gasteiger partial charge on any atom is 0.255 e. The number of hydrogen-bond acceptors (Lipinski definition) is 3. The highest BCUT2D eigenvalue weighted by Crippen LogP contribution is 2.30. The van der Waals surface area contributed by atoms with Crippen LogP contribution >= 0.6 is 0 Å². The Labute approximate surface area is 160 Å². The van der Waals surface area contributed by atoms with Crippen LogP contribution < -0.4 is 10.6 Å². The second kappa shape index (κ2) is 8.82. The third-order valence-electron chi connectivity index (χ3n) is 4.85. The summed E-state index contributed by atoms with van der Waals surface area (Å²) >= 11 is 0. The smallest absolute Gasteiger partial charge is 0.255 e. The summed E-state index contributed by atoms with van der Waals surface area (Å²) in [6.07, 6.45) is 1.94. The summed E-state index contributed by atoms with van der Waals surface area (Å²) in [5, 5.41) is 5.83. The first-order valence-corrected chi connectivity index (χ1v) is 9.62. The molecule has 2 aromatic carbocycles. The number of carbonyl (C=O) groups excluding carboxylic acids is 2. The first kappa shape index (κ1) is 19.1. The quantitative estimate of drug-likeness (QED) is 0.739. The Morgan fingerprint density at radius 1 is 0.963 bits per heavy atom. The van der Waals surface area contributed by atoms with Crippen molar-refractivity contribution in [2.45, 2.75) is 33.2 Å². The fourth-order valence-corrected chi connectivity index (χ4v) is 2.95. The summed E-state index contributed by atoms with van der Waals surface area (Å²) in [7, 11) is 0. The van der Waals surface area contributed by atoms with Gasteiger partial charge in [-0.05, 0) is 67.9 Å². The van der Waals surface area contributed by atoms with Gasteiger partial charge in [0.2, 0.25) is 5.91 Å². The molecule has 0 bridgehead atoms. The molecule has 0 aromatic heterocycles. The van der Waals surface area contributed by atoms with Gasteiger partial charge in [0.25, 0.3) is 5.91 Å². The van der Waals surface area contributed by atoms with Crippen LogP contribution in [0.25, 0.3) is 0 Å². The Hall–Kier alpha value is -2.66. The van der Waals surface area contributed by atoms with Gasteiger partial charge >= 0.3 is 0 Å². The van der Waals surface area contributed by atoms with Crippen molar-refractivity contribution in [2.24, 2.45) is 5.92 Å². The van der Waals surface area contributed by atoms with E-state index < -0.39 is 0 Å². The van der Waals surface area contributed by atoms with Crippen LogP contribution in [0.15, 0.2) is 48.5 Å². The number of benzene rings is 2. The van der Waals surface area contributed by atoms with Crippen LogP contribution in [0.2, 0.25) is 0 Å². The number of hydrogen-bond donors (Lipinski definition) is 2. The van der Waals surface area contributed by atoms with E-state index >= 15 is 0 Å². The standard InChI is InChI=1S/C22H27N3O2/c1-3-25(4-2)15-16-6-5-7-20(14-16)24-22(27)18-10-12-19(13-11-18)23-21(26)17-8-9-17/h5-7,10-14,17H,3-4,8-9,15H2,1-2H3,(H,23,26)(H,24,27). The van der Waals surface area contributed by atoms with Crippen molar-refractivity contribution in [3.63, 3.8) is 0 Å². The zero-order valence-electron chi connectivity index (χ0n) is 16.0. The minimum absolute atomic E-state index is 0.0669. The van der Waals surface area contributed by atoms with Gasteiger partial charge in [-0.15, -0.1) is 0 Å². The van der Waals surface area contributed by atoms with E-state index in [2.05, 4.69) is 35.4 Å². The maximum absolute atomic E-state index is 12.5. The number of carbonyl (C=O) groups is 2. The summed E-state index contributed by atoms with van der Waals surface area (Å²) in [5.74, 6) is 0.0730. The first-order chi connectivity index (χ1) is 13.1. The second-order valence-electron chi connectivity index (χ2n) is 6.96. The SMILES string of the molecule is CCN(CC)Cc1cccc(NC(=O)c2ccc(NC(=O)C3CC3)cc2)c1. The number of rotatable bonds is 8. The molecule has 1 aliphatic carbocycles. The van der Waals surface area contributed by atoms with E-state index in [-0.39, 0.29) is 17.7 Å². The van der Waals surface area contributed by atoms with Gasteiger partial charge in [0, 0.05) is 29.4 Å². The average Bonchev–Trinajstić information content (AvgIpc) is 3.52. The van der Waals surface area contributed by atoms with Crippen LogP contribution in [0, 0.1) is 5.92 Å². The molecule has 142 valence electrons. The summed E-state index contributed by atoms with van der Waals surface area (Å²) < 4.78 is 0. The largest absolute Gasteiger partial charge is 0.326 e. The third kappa shape index (κ3) is 5.41. The summed E-state index contributed by atoms with van der Waals surface area (Å²) in [4.78, 5) is 26.6. The van der Waals surface area contributed by atoms with Crippen molar-refractivity contribution in [3.8, 4) is 0 Å². The Morgan fingerprint density at radius 3 is 2.30 bits per heavy atom. The Balaban J connectivity index is 1.60. The van der Waals surface area contributed by atoms with Crippen molar-refractivity contribution in [1.82, 2.24) is 4.90 Å². The average molecular weight is 365 g/mol. The van der Waals surface area contributed by atoms with Gasteiger partial charge in [0.15, 0.2) is 0 Å². The lowest BCUT2D eigenvalue weighted by Gasteiger charge is -2.18. The fraction of sp³-hybridized carbons (Fsp3) is 0.364. The minimum Gasteiger partial charge on any atom is -0.326 e. The van der Waals surface area contributed by atoms with Crippen molar-refractivity contribution in [2.75, 3.05) is 23.7 Å². The van der Waals surface area contributed by atoms with E-state index in [1.165, 1.54) is 5.56 Å². The molecular weight excluding hydrogens is 338 g/mol. The molecule has 0 heterocycles. The number of anilines is 2. The molecule has 1 aliphatic rings. The fourth-order valence-electron chi connectivity index (χ4n) is 2.95. The molecule has 2 aromatic rings. The molecular formula is C22H27N3O2. The molecule has 5 nitrogen and oxygen atoms in total. The summed E-state index contributed by atoms with van der Waals surface area (Å²) in [6.45, 7) is 7.15. The van der Waals surface area contributed by atoms with Gasteiger partial charge in [-0.2, -0.15) is 0 Å². The van der Waals surface area contributed by atoms with E-state index in [9.17, 15) is 9.59 Å². The zero-order valence-corrected chi connectivity index (χ0v) is 16.0. The Bertz CT molecular complexity index is 793. The highest BCUT2D eigenvalue weighted by Gasteiger charge is 2.29. The van der Waals surface area contributed by atoms with Crippen LogP contribution in [0.4, 0.5) is 11.4 Å². The van der Waals surface area contributed by atoms with Crippen molar-refractivity contribution >= 4 is 23.2 Å². The number of nitrogens with zero attached hydrogens (tertiary/aromatic N) is 1. The van der Waals surface area contributed by atoms with Gasteiger partial charge in [-0.3, -0.25) is 14.5 Å². The Kier molecular flexibility index (Phi) is 6.24. The van der Waals surface area contributed by atoms with E-state index in [1.54, 1.807) is 24.3 Å². The molecule has 1 fully saturated rings. The molecule has 27 heavy (non-hydrogen) atoms. The molecule has 0 atom stereocenters. The van der Waals surface area contributed by atoms with Gasteiger partial charge in [-0.1, -0.05) is 26.0 Å². The van der Waals surface area contributed by atoms with Gasteiger partial charge in [0.1, 0.15) is 0 Å². The third-order valence-corrected chi connectivity index (χ3v) is 4.85. The van der Waals surface area contributed by atoms with Gasteiger partial charge < -0.3 is 10.6 Å². The van der Waals surface area contributed by atoms with Crippen molar-refractivity contribution < 1.29 is 9.59 Å². The second-order valence-corrected chi connectivity index (χ2v) is 6.96. The first-order valence-electron chi connectivity index (χ1n) is 9.62. The predicted molar refractivity (Wildman–Crippen MR) is 109 cm³/mol. The van der Waals surface area contributed by atoms with E-state index in [0.717, 1.165) is 43.9 Å². The molecule has 3 rings (SSSR count). The van der Waals surface area contributed by atoms with Crippen LogP contribution in [0.3, 0.4) is 0 Å². The number of nitrogens with one attached hydrogen (secondary N) is 2. The van der Waals surface area contributed by atoms with Crippen LogP contribution in [-0.4, -0.2) is 29.8 Å². The van der Waals surface area contributed by atoms with Gasteiger partial charge in [0.05, 0.1) is 0 Å². The highest BCUT2D eigenvalue weighted by atomic mass is 16.2. The predicted octanol–water partition coefficient (Wildman–Crippen LogP) is 4.13. The van der Waals surface area contributed by atoms with Gasteiger partial charge in [-0.25, -0.2) is 0 Å². The monoisotopic (exact) mass is 365 g/mol. The number of amides is 2. The molecule has 0 unspecified atom stereocenters. The zero-order chi connectivity index (χ0) is 19.2. The van der Waals surface area contributed by atoms with Crippen molar-refractivity contribution in [1.29, 1.82) is 0 Å². The lowest BCUT2D eigenvalue weighted by Crippen LogP contribution is -2.22. The molecule has 0 aliphatic heterocycles. The van der Waals surface area contributed by atoms with Crippen LogP contribution in [0.5, 0.6) is 0 Å². The molecule has 0 spiro atoms. The summed E-state index contributed by atoms with van der Waals surface area (Å²) in [6, 6.07) is 15.0. The lowest BCUT2D eigenvalue weighted by atomic mass is 10.1. The maximum atomic E-state index is 12.5. The topological polar surface area (TPSA) is 61.4 Å². The molecule has 5 heteroatoms. The molecule has 2 N–H and O–H groups in total. The summed E-state index contributed by atoms with van der Waals surface area (Å²) in [5.41, 5.74) is 3.25. The van der Waals surface area contributed by atoms with Crippen LogP contribution in [-0.2, 0) is 11.3 Å². The lowest BCUT2D eigenvalue weighted by molar-refractivity contribution is -0.117. The van der Waals surface area contributed by atoms with Crippen molar-refractivity contribution in [3.05, 3.63) is 59.7 Å². The van der Waals surface area contributed by atoms with E-state index in [4.69, 9.17) is 0 Å². The molecule has 0 radical (unpaired) electrons. The minimum atomic E-state index is -0.157. The normalized spacial score (nSPS) is 13.4. The molecule has 2 amide bonds. The van der Waals surface area contributed by atoms with E-state index in [1.807, 2.05) is 18.2 Å². The molecule has 0 saturated heterocycles. The van der Waals surface area contributed by atoms with Crippen LogP contribution in [0.1, 0.15) is 42.6 Å². The van der Waals surface area contributed by atoms with E-state index in [0.29, 0.717) is 5.56 Å². The highest BCUT2D eigenvalue weighted by molar-refractivity contribution is 6.04. The molecule has 1 saturated carbocycles. The Morgan fingerprint density at radius 2 is 1.67 bits per heavy atom.